The Morgan fingerprint density at radius 2 is 1.10 bits per heavy atom. The van der Waals surface area contributed by atoms with E-state index in [1.807, 2.05) is 54.6 Å². The zero-order valence-corrected chi connectivity index (χ0v) is 26.5. The Kier molecular flexibility index (Phi) is 11.1. The van der Waals surface area contributed by atoms with E-state index in [1.165, 1.54) is 0 Å². The van der Waals surface area contributed by atoms with Crippen LogP contribution in [0.1, 0.15) is 29.5 Å². The maximum atomic E-state index is 13.9. The Bertz CT molecular complexity index is 1950. The molecule has 254 valence electrons. The molecular formula is C36H38N6O7. The molecule has 4 atom stereocenters. The van der Waals surface area contributed by atoms with Gasteiger partial charge in [-0.05, 0) is 41.7 Å². The number of carboxylic acids is 2. The monoisotopic (exact) mass is 666 g/mol. The summed E-state index contributed by atoms with van der Waals surface area (Å²) in [5.41, 5.74) is 9.90. The van der Waals surface area contributed by atoms with E-state index >= 15 is 0 Å². The minimum absolute atomic E-state index is 0.0323. The number of fused-ring (bicyclic) bond motifs is 2. The zero-order chi connectivity index (χ0) is 34.9. The van der Waals surface area contributed by atoms with Crippen molar-refractivity contribution in [3.8, 4) is 0 Å². The molecule has 5 rings (SSSR count). The highest BCUT2D eigenvalue weighted by atomic mass is 16.4. The molecule has 3 amide bonds. The van der Waals surface area contributed by atoms with E-state index < -0.39 is 60.2 Å². The fourth-order valence-corrected chi connectivity index (χ4v) is 5.77. The van der Waals surface area contributed by atoms with Crippen molar-refractivity contribution in [3.05, 3.63) is 108 Å². The van der Waals surface area contributed by atoms with Gasteiger partial charge < -0.3 is 41.9 Å². The SMILES string of the molecule is NC(Cc1ccccc1)C(=O)NC(CCC(=O)O)C(=O)NC(Cc1c[nH]c2ccccc12)C(=O)NC(Cc1c[nH]c2ccccc12)C(=O)O. The fraction of sp³-hybridized carbons (Fsp3) is 0.250. The Hall–Kier alpha value is -5.95. The molecule has 13 heteroatoms. The number of H-pyrrole nitrogens is 2. The lowest BCUT2D eigenvalue weighted by molar-refractivity contribution is -0.142. The minimum Gasteiger partial charge on any atom is -0.481 e. The van der Waals surface area contributed by atoms with Crippen molar-refractivity contribution < 1.29 is 34.2 Å². The van der Waals surface area contributed by atoms with Gasteiger partial charge in [0.2, 0.25) is 17.7 Å². The zero-order valence-electron chi connectivity index (χ0n) is 26.5. The number of hydrogen-bond donors (Lipinski definition) is 8. The molecule has 0 bridgehead atoms. The second-order valence-corrected chi connectivity index (χ2v) is 11.9. The summed E-state index contributed by atoms with van der Waals surface area (Å²) in [7, 11) is 0. The molecule has 0 aliphatic heterocycles. The molecule has 4 unspecified atom stereocenters. The van der Waals surface area contributed by atoms with Gasteiger partial charge in [-0.3, -0.25) is 19.2 Å². The van der Waals surface area contributed by atoms with Crippen LogP contribution in [0.15, 0.2) is 91.3 Å². The standard InChI is InChI=1S/C36H38N6O7/c37-26(16-21-8-2-1-3-9-21)33(45)40-29(14-15-32(43)44)34(46)41-30(17-22-19-38-27-12-6-4-10-24(22)27)35(47)42-31(36(48)49)18-23-20-39-28-13-7-5-11-25(23)28/h1-13,19-20,26,29-31,38-39H,14-18,37H2,(H,40,45)(H,41,46)(H,42,47)(H,43,44)(H,48,49). The van der Waals surface area contributed by atoms with Crippen molar-refractivity contribution in [1.82, 2.24) is 25.9 Å². The number of nitrogens with two attached hydrogens (primary N) is 1. The lowest BCUT2D eigenvalue weighted by Gasteiger charge is -2.25. The van der Waals surface area contributed by atoms with Crippen LogP contribution in [0.25, 0.3) is 21.8 Å². The van der Waals surface area contributed by atoms with Gasteiger partial charge in [0.05, 0.1) is 6.04 Å². The number of carbonyl (C=O) groups is 5. The van der Waals surface area contributed by atoms with Crippen LogP contribution in [0.4, 0.5) is 0 Å². The molecule has 0 saturated carbocycles. The lowest BCUT2D eigenvalue weighted by atomic mass is 10.0. The molecule has 13 nitrogen and oxygen atoms in total. The number of aromatic amines is 2. The third-order valence-corrected chi connectivity index (χ3v) is 8.36. The summed E-state index contributed by atoms with van der Waals surface area (Å²) < 4.78 is 0. The van der Waals surface area contributed by atoms with Crippen LogP contribution in [-0.2, 0) is 43.2 Å². The Labute approximate surface area is 281 Å². The van der Waals surface area contributed by atoms with Gasteiger partial charge in [0.25, 0.3) is 0 Å². The van der Waals surface area contributed by atoms with Gasteiger partial charge in [-0.25, -0.2) is 4.79 Å². The number of benzene rings is 3. The van der Waals surface area contributed by atoms with Crippen LogP contribution < -0.4 is 21.7 Å². The van der Waals surface area contributed by atoms with Crippen molar-refractivity contribution in [2.45, 2.75) is 56.3 Å². The lowest BCUT2D eigenvalue weighted by Crippen LogP contribution is -2.58. The molecule has 0 spiro atoms. The van der Waals surface area contributed by atoms with E-state index in [1.54, 1.807) is 36.7 Å². The van der Waals surface area contributed by atoms with E-state index in [4.69, 9.17) is 5.73 Å². The largest absolute Gasteiger partial charge is 0.481 e. The highest BCUT2D eigenvalue weighted by Gasteiger charge is 2.32. The van der Waals surface area contributed by atoms with Crippen molar-refractivity contribution in [3.63, 3.8) is 0 Å². The second-order valence-electron chi connectivity index (χ2n) is 11.9. The number of carbonyl (C=O) groups excluding carboxylic acids is 3. The minimum atomic E-state index is -1.34. The van der Waals surface area contributed by atoms with Crippen molar-refractivity contribution >= 4 is 51.5 Å². The quantitative estimate of drug-likeness (QED) is 0.0780. The summed E-state index contributed by atoms with van der Waals surface area (Å²) in [5, 5.41) is 28.8. The molecule has 3 aromatic carbocycles. The molecule has 0 saturated heterocycles. The summed E-state index contributed by atoms with van der Waals surface area (Å²) in [6.45, 7) is 0. The first-order chi connectivity index (χ1) is 23.6. The number of rotatable bonds is 16. The Morgan fingerprint density at radius 3 is 1.67 bits per heavy atom. The number of carboxylic acid groups (broad SMARTS) is 2. The van der Waals surface area contributed by atoms with E-state index in [2.05, 4.69) is 25.9 Å². The third kappa shape index (κ3) is 8.90. The maximum absolute atomic E-state index is 13.9. The van der Waals surface area contributed by atoms with Gasteiger partial charge in [-0.1, -0.05) is 66.7 Å². The number of aromatic nitrogens is 2. The molecule has 0 aliphatic carbocycles. The highest BCUT2D eigenvalue weighted by Crippen LogP contribution is 2.21. The van der Waals surface area contributed by atoms with Crippen LogP contribution in [0.3, 0.4) is 0 Å². The average molecular weight is 667 g/mol. The summed E-state index contributed by atoms with van der Waals surface area (Å²) in [5.74, 6) is -4.71. The predicted octanol–water partition coefficient (Wildman–Crippen LogP) is 2.41. The van der Waals surface area contributed by atoms with Gasteiger partial charge in [0.15, 0.2) is 0 Å². The molecule has 49 heavy (non-hydrogen) atoms. The Balaban J connectivity index is 1.37. The molecule has 0 fully saturated rings. The molecule has 0 aliphatic rings. The summed E-state index contributed by atoms with van der Waals surface area (Å²) >= 11 is 0. The van der Waals surface area contributed by atoms with Crippen molar-refractivity contribution in [2.75, 3.05) is 0 Å². The van der Waals surface area contributed by atoms with E-state index in [0.717, 1.165) is 27.4 Å². The first kappa shape index (κ1) is 34.4. The smallest absolute Gasteiger partial charge is 0.326 e. The number of nitrogens with one attached hydrogen (secondary N) is 5. The van der Waals surface area contributed by atoms with Gasteiger partial charge in [-0.15, -0.1) is 0 Å². The number of aliphatic carboxylic acids is 2. The first-order valence-electron chi connectivity index (χ1n) is 15.8. The molecule has 5 aromatic rings. The van der Waals surface area contributed by atoms with E-state index in [-0.39, 0.29) is 25.7 Å². The topological polar surface area (TPSA) is 219 Å². The van der Waals surface area contributed by atoms with Gasteiger partial charge in [-0.2, -0.15) is 0 Å². The van der Waals surface area contributed by atoms with Crippen LogP contribution in [-0.4, -0.2) is 74.0 Å². The second kappa shape index (κ2) is 15.8. The molecule has 2 aromatic heterocycles. The Morgan fingerprint density at radius 1 is 0.612 bits per heavy atom. The number of para-hydroxylation sites is 2. The molecule has 0 radical (unpaired) electrons. The maximum Gasteiger partial charge on any atom is 0.326 e. The van der Waals surface area contributed by atoms with Crippen LogP contribution in [0, 0.1) is 0 Å². The highest BCUT2D eigenvalue weighted by molar-refractivity contribution is 5.95. The van der Waals surface area contributed by atoms with Crippen LogP contribution >= 0.6 is 0 Å². The number of hydrogen-bond acceptors (Lipinski definition) is 6. The normalized spacial score (nSPS) is 13.7. The average Bonchev–Trinajstić information content (AvgIpc) is 3.70. The number of amides is 3. The predicted molar refractivity (Wildman–Crippen MR) is 182 cm³/mol. The summed E-state index contributed by atoms with van der Waals surface area (Å²) in [6, 6.07) is 18.8. The first-order valence-corrected chi connectivity index (χ1v) is 15.8. The van der Waals surface area contributed by atoms with Crippen LogP contribution in [0.5, 0.6) is 0 Å². The van der Waals surface area contributed by atoms with Gasteiger partial charge >= 0.3 is 11.9 Å². The van der Waals surface area contributed by atoms with E-state index in [0.29, 0.717) is 11.1 Å². The van der Waals surface area contributed by atoms with Gasteiger partial charge in [0.1, 0.15) is 18.1 Å². The molecule has 9 N–H and O–H groups in total. The van der Waals surface area contributed by atoms with E-state index in [9.17, 15) is 34.2 Å². The molecule has 2 heterocycles. The molecular weight excluding hydrogens is 628 g/mol. The summed E-state index contributed by atoms with van der Waals surface area (Å²) in [6.07, 6.45) is 2.78. The third-order valence-electron chi connectivity index (χ3n) is 8.36. The summed E-state index contributed by atoms with van der Waals surface area (Å²) in [4.78, 5) is 70.7. The van der Waals surface area contributed by atoms with Crippen molar-refractivity contribution in [2.24, 2.45) is 5.73 Å². The van der Waals surface area contributed by atoms with Crippen LogP contribution in [0.2, 0.25) is 0 Å². The van der Waals surface area contributed by atoms with Gasteiger partial charge in [0, 0.05) is 53.5 Å². The fourth-order valence-electron chi connectivity index (χ4n) is 5.77. The van der Waals surface area contributed by atoms with Crippen molar-refractivity contribution in [1.29, 1.82) is 0 Å².